The van der Waals surface area contributed by atoms with Crippen molar-refractivity contribution in [3.05, 3.63) is 42.0 Å². The second-order valence-corrected chi connectivity index (χ2v) is 3.68. The van der Waals surface area contributed by atoms with Crippen molar-refractivity contribution >= 4 is 17.6 Å². The molecule has 1 aromatic rings. The average Bonchev–Trinajstić information content (AvgIpc) is 2.36. The molecule has 1 amide bonds. The molecule has 0 N–H and O–H groups in total. The minimum Gasteiger partial charge on any atom is -0.465 e. The summed E-state index contributed by atoms with van der Waals surface area (Å²) >= 11 is 0. The molecule has 4 heteroatoms. The molecule has 0 aliphatic rings. The van der Waals surface area contributed by atoms with Crippen LogP contribution in [-0.4, -0.2) is 26.0 Å². The Kier molecular flexibility index (Phi) is 4.04. The highest BCUT2D eigenvalue weighted by Crippen LogP contribution is 2.16. The number of likely N-dealkylation sites (N-methyl/N-ethyl adjacent to an activating group) is 1. The Hall–Kier alpha value is -2.10. The van der Waals surface area contributed by atoms with Crippen LogP contribution in [0.5, 0.6) is 0 Å². The number of nitrogens with zero attached hydrogens (tertiary/aromatic N) is 1. The van der Waals surface area contributed by atoms with Crippen LogP contribution in [-0.2, 0) is 9.53 Å². The van der Waals surface area contributed by atoms with E-state index in [1.807, 2.05) is 0 Å². The molecule has 0 aliphatic carbocycles. The van der Waals surface area contributed by atoms with Crippen molar-refractivity contribution in [3.63, 3.8) is 0 Å². The molecule has 0 fully saturated rings. The predicted octanol–water partition coefficient (Wildman–Crippen LogP) is 2.01. The van der Waals surface area contributed by atoms with E-state index in [0.29, 0.717) is 16.8 Å². The molecule has 0 saturated heterocycles. The SMILES string of the molecule is C=C(C)C(=O)N(C)c1ccc(C(=O)OC)cc1. The van der Waals surface area contributed by atoms with E-state index in [0.717, 1.165) is 0 Å². The minimum atomic E-state index is -0.398. The van der Waals surface area contributed by atoms with E-state index in [1.54, 1.807) is 38.2 Å². The first kappa shape index (κ1) is 13.0. The van der Waals surface area contributed by atoms with Gasteiger partial charge in [-0.15, -0.1) is 0 Å². The van der Waals surface area contributed by atoms with Gasteiger partial charge in [0.05, 0.1) is 12.7 Å². The third-order valence-corrected chi connectivity index (χ3v) is 2.35. The maximum Gasteiger partial charge on any atom is 0.337 e. The van der Waals surface area contributed by atoms with Crippen LogP contribution in [0.3, 0.4) is 0 Å². The summed E-state index contributed by atoms with van der Waals surface area (Å²) in [5, 5.41) is 0. The number of amides is 1. The van der Waals surface area contributed by atoms with Gasteiger partial charge in [0.15, 0.2) is 0 Å². The zero-order valence-electron chi connectivity index (χ0n) is 10.2. The molecule has 0 aliphatic heterocycles. The number of esters is 1. The van der Waals surface area contributed by atoms with Crippen LogP contribution >= 0.6 is 0 Å². The second kappa shape index (κ2) is 5.30. The lowest BCUT2D eigenvalue weighted by atomic mass is 10.2. The van der Waals surface area contributed by atoms with Crippen LogP contribution in [0, 0.1) is 0 Å². The summed E-state index contributed by atoms with van der Waals surface area (Å²) in [6.07, 6.45) is 0. The highest BCUT2D eigenvalue weighted by molar-refractivity contribution is 6.04. The Morgan fingerprint density at radius 3 is 2.18 bits per heavy atom. The largest absolute Gasteiger partial charge is 0.465 e. The predicted molar refractivity (Wildman–Crippen MR) is 66.0 cm³/mol. The number of anilines is 1. The fourth-order valence-electron chi connectivity index (χ4n) is 1.34. The lowest BCUT2D eigenvalue weighted by molar-refractivity contribution is -0.114. The van der Waals surface area contributed by atoms with Crippen LogP contribution in [0.25, 0.3) is 0 Å². The Morgan fingerprint density at radius 1 is 1.24 bits per heavy atom. The molecule has 0 saturated carbocycles. The van der Waals surface area contributed by atoms with Crippen molar-refractivity contribution in [3.8, 4) is 0 Å². The average molecular weight is 233 g/mol. The molecule has 0 aromatic heterocycles. The molecular weight excluding hydrogens is 218 g/mol. The number of methoxy groups -OCH3 is 1. The number of rotatable bonds is 3. The van der Waals surface area contributed by atoms with Gasteiger partial charge in [0.1, 0.15) is 0 Å². The summed E-state index contributed by atoms with van der Waals surface area (Å²) in [5.74, 6) is -0.554. The Morgan fingerprint density at radius 2 is 1.76 bits per heavy atom. The first-order chi connectivity index (χ1) is 7.97. The zero-order chi connectivity index (χ0) is 13.0. The van der Waals surface area contributed by atoms with Crippen molar-refractivity contribution < 1.29 is 14.3 Å². The first-order valence-electron chi connectivity index (χ1n) is 5.09. The molecule has 0 spiro atoms. The first-order valence-corrected chi connectivity index (χ1v) is 5.09. The molecule has 0 unspecified atom stereocenters. The number of benzene rings is 1. The highest BCUT2D eigenvalue weighted by atomic mass is 16.5. The molecule has 0 radical (unpaired) electrons. The lowest BCUT2D eigenvalue weighted by Crippen LogP contribution is -2.26. The maximum atomic E-state index is 11.7. The third-order valence-electron chi connectivity index (χ3n) is 2.35. The molecule has 1 rings (SSSR count). The molecule has 1 aromatic carbocycles. The van der Waals surface area contributed by atoms with Gasteiger partial charge in [-0.25, -0.2) is 4.79 Å². The fourth-order valence-corrected chi connectivity index (χ4v) is 1.34. The lowest BCUT2D eigenvalue weighted by Gasteiger charge is -2.17. The third kappa shape index (κ3) is 2.93. The number of ether oxygens (including phenoxy) is 1. The number of hydrogen-bond acceptors (Lipinski definition) is 3. The number of carbonyl (C=O) groups excluding carboxylic acids is 2. The normalized spacial score (nSPS) is 9.59. The molecule has 90 valence electrons. The van der Waals surface area contributed by atoms with Gasteiger partial charge in [-0.2, -0.15) is 0 Å². The number of carbonyl (C=O) groups is 2. The van der Waals surface area contributed by atoms with Gasteiger partial charge in [-0.3, -0.25) is 4.79 Å². The van der Waals surface area contributed by atoms with Crippen molar-refractivity contribution in [2.45, 2.75) is 6.92 Å². The topological polar surface area (TPSA) is 46.6 Å². The molecular formula is C13H15NO3. The summed E-state index contributed by atoms with van der Waals surface area (Å²) in [4.78, 5) is 24.3. The molecule has 0 atom stereocenters. The molecule has 0 heterocycles. The van der Waals surface area contributed by atoms with E-state index in [1.165, 1.54) is 12.0 Å². The van der Waals surface area contributed by atoms with Crippen LogP contribution in [0.4, 0.5) is 5.69 Å². The van der Waals surface area contributed by atoms with E-state index in [-0.39, 0.29) is 5.91 Å². The van der Waals surface area contributed by atoms with Crippen LogP contribution < -0.4 is 4.90 Å². The van der Waals surface area contributed by atoms with Crippen molar-refractivity contribution in [2.24, 2.45) is 0 Å². The quantitative estimate of drug-likeness (QED) is 0.592. The molecule has 17 heavy (non-hydrogen) atoms. The van der Waals surface area contributed by atoms with E-state index >= 15 is 0 Å². The van der Waals surface area contributed by atoms with Crippen LogP contribution in [0.15, 0.2) is 36.4 Å². The Labute approximate surface area is 100 Å². The smallest absolute Gasteiger partial charge is 0.337 e. The van der Waals surface area contributed by atoms with Crippen molar-refractivity contribution in [1.82, 2.24) is 0 Å². The Bertz CT molecular complexity index is 448. The van der Waals surface area contributed by atoms with Gasteiger partial charge in [0.2, 0.25) is 0 Å². The van der Waals surface area contributed by atoms with E-state index in [9.17, 15) is 9.59 Å². The summed E-state index contributed by atoms with van der Waals surface area (Å²) in [6.45, 7) is 5.25. The minimum absolute atomic E-state index is 0.157. The standard InChI is InChI=1S/C13H15NO3/c1-9(2)12(15)14(3)11-7-5-10(6-8-11)13(16)17-4/h5-8H,1H2,2-4H3. The van der Waals surface area contributed by atoms with Gasteiger partial charge >= 0.3 is 5.97 Å². The fraction of sp³-hybridized carbons (Fsp3) is 0.231. The van der Waals surface area contributed by atoms with Crippen molar-refractivity contribution in [1.29, 1.82) is 0 Å². The highest BCUT2D eigenvalue weighted by Gasteiger charge is 2.12. The zero-order valence-corrected chi connectivity index (χ0v) is 10.2. The number of hydrogen-bond donors (Lipinski definition) is 0. The van der Waals surface area contributed by atoms with Gasteiger partial charge in [-0.1, -0.05) is 6.58 Å². The Balaban J connectivity index is 2.91. The summed E-state index contributed by atoms with van der Waals surface area (Å²) in [5.41, 5.74) is 1.61. The second-order valence-electron chi connectivity index (χ2n) is 3.68. The van der Waals surface area contributed by atoms with Crippen LogP contribution in [0.1, 0.15) is 17.3 Å². The molecule has 0 bridgehead atoms. The maximum absolute atomic E-state index is 11.7. The van der Waals surface area contributed by atoms with Gasteiger partial charge in [-0.05, 0) is 31.2 Å². The van der Waals surface area contributed by atoms with E-state index in [2.05, 4.69) is 11.3 Å². The van der Waals surface area contributed by atoms with E-state index in [4.69, 9.17) is 0 Å². The van der Waals surface area contributed by atoms with Crippen molar-refractivity contribution in [2.75, 3.05) is 19.1 Å². The monoisotopic (exact) mass is 233 g/mol. The summed E-state index contributed by atoms with van der Waals surface area (Å²) in [6, 6.07) is 6.60. The summed E-state index contributed by atoms with van der Waals surface area (Å²) in [7, 11) is 2.98. The summed E-state index contributed by atoms with van der Waals surface area (Å²) < 4.78 is 4.59. The van der Waals surface area contributed by atoms with Crippen LogP contribution in [0.2, 0.25) is 0 Å². The van der Waals surface area contributed by atoms with Gasteiger partial charge in [0.25, 0.3) is 5.91 Å². The molecule has 4 nitrogen and oxygen atoms in total. The van der Waals surface area contributed by atoms with Gasteiger partial charge < -0.3 is 9.64 Å². The van der Waals surface area contributed by atoms with Gasteiger partial charge in [0, 0.05) is 18.3 Å². The van der Waals surface area contributed by atoms with E-state index < -0.39 is 5.97 Å².